The molecular weight excluding hydrogens is 266 g/mol. The van der Waals surface area contributed by atoms with Gasteiger partial charge in [-0.1, -0.05) is 6.92 Å². The molecule has 0 saturated carbocycles. The minimum Gasteiger partial charge on any atom is -0.396 e. The molecule has 0 aromatic heterocycles. The van der Waals surface area contributed by atoms with Gasteiger partial charge in [0.15, 0.2) is 0 Å². The number of halogens is 2. The van der Waals surface area contributed by atoms with Gasteiger partial charge in [0.05, 0.1) is 17.4 Å². The average molecular weight is 284 g/mol. The number of anilines is 1. The quantitative estimate of drug-likeness (QED) is 0.846. The fourth-order valence-corrected chi connectivity index (χ4v) is 2.43. The van der Waals surface area contributed by atoms with Crippen LogP contribution in [0.15, 0.2) is 12.1 Å². The third kappa shape index (κ3) is 2.75. The number of hydrogen-bond acceptors (Lipinski definition) is 3. The number of nitrogens with two attached hydrogens (primary N) is 1. The molecule has 110 valence electrons. The molecule has 0 bridgehead atoms. The molecule has 1 aliphatic heterocycles. The van der Waals surface area contributed by atoms with E-state index in [0.717, 1.165) is 12.5 Å². The number of hydrogen-bond donors (Lipinski definition) is 1. The van der Waals surface area contributed by atoms with Crippen LogP contribution in [0.3, 0.4) is 0 Å². The lowest BCUT2D eigenvalue weighted by molar-refractivity contribution is -0.00172. The summed E-state index contributed by atoms with van der Waals surface area (Å²) in [6.07, 6.45) is 0.705. The summed E-state index contributed by atoms with van der Waals surface area (Å²) in [5, 5.41) is 0. The van der Waals surface area contributed by atoms with Gasteiger partial charge in [0.2, 0.25) is 0 Å². The van der Waals surface area contributed by atoms with Gasteiger partial charge in [0.25, 0.3) is 5.91 Å². The Hall–Kier alpha value is -1.69. The number of carbonyl (C=O) groups excluding carboxylic acids is 1. The molecule has 1 fully saturated rings. The van der Waals surface area contributed by atoms with E-state index in [4.69, 9.17) is 10.5 Å². The number of likely N-dealkylation sites (tertiary alicyclic amines) is 1. The highest BCUT2D eigenvalue weighted by molar-refractivity contribution is 5.95. The van der Waals surface area contributed by atoms with E-state index in [9.17, 15) is 13.6 Å². The van der Waals surface area contributed by atoms with Crippen LogP contribution < -0.4 is 5.73 Å². The van der Waals surface area contributed by atoms with Crippen molar-refractivity contribution in [2.75, 3.05) is 25.9 Å². The number of nitrogen functional groups attached to an aromatic ring is 1. The summed E-state index contributed by atoms with van der Waals surface area (Å²) < 4.78 is 32.2. The highest BCUT2D eigenvalue weighted by atomic mass is 19.1. The normalized spacial score (nSPS) is 22.9. The van der Waals surface area contributed by atoms with Crippen molar-refractivity contribution in [2.45, 2.75) is 19.4 Å². The molecule has 1 heterocycles. The first-order chi connectivity index (χ1) is 9.43. The lowest BCUT2D eigenvalue weighted by Crippen LogP contribution is -2.46. The summed E-state index contributed by atoms with van der Waals surface area (Å²) in [7, 11) is 1.59. The minimum atomic E-state index is -0.894. The number of carbonyl (C=O) groups is 1. The Morgan fingerprint density at radius 3 is 2.75 bits per heavy atom. The molecule has 0 spiro atoms. The van der Waals surface area contributed by atoms with Crippen molar-refractivity contribution in [1.29, 1.82) is 0 Å². The van der Waals surface area contributed by atoms with Crippen LogP contribution in [-0.4, -0.2) is 37.1 Å². The molecule has 1 aromatic carbocycles. The number of nitrogens with zero attached hydrogens (tertiary/aromatic N) is 1. The van der Waals surface area contributed by atoms with Crippen LogP contribution >= 0.6 is 0 Å². The van der Waals surface area contributed by atoms with Gasteiger partial charge < -0.3 is 15.4 Å². The SMILES string of the molecule is COC1CN(C(=O)c2cc(N)c(F)cc2F)CCC1C. The van der Waals surface area contributed by atoms with E-state index in [1.165, 1.54) is 4.90 Å². The van der Waals surface area contributed by atoms with E-state index in [0.29, 0.717) is 25.1 Å². The van der Waals surface area contributed by atoms with Crippen molar-refractivity contribution < 1.29 is 18.3 Å². The van der Waals surface area contributed by atoms with Gasteiger partial charge in [-0.2, -0.15) is 0 Å². The molecule has 2 atom stereocenters. The second kappa shape index (κ2) is 5.75. The zero-order valence-electron chi connectivity index (χ0n) is 11.5. The number of piperidine rings is 1. The van der Waals surface area contributed by atoms with Crippen LogP contribution in [0.1, 0.15) is 23.7 Å². The molecule has 6 heteroatoms. The third-order valence-corrected chi connectivity index (χ3v) is 3.80. The largest absolute Gasteiger partial charge is 0.396 e. The van der Waals surface area contributed by atoms with Gasteiger partial charge in [-0.15, -0.1) is 0 Å². The molecule has 20 heavy (non-hydrogen) atoms. The first kappa shape index (κ1) is 14.7. The van der Waals surface area contributed by atoms with Crippen LogP contribution in [0.5, 0.6) is 0 Å². The predicted octanol–water partition coefficient (Wildman–Crippen LogP) is 2.04. The fraction of sp³-hybridized carbons (Fsp3) is 0.500. The van der Waals surface area contributed by atoms with E-state index in [-0.39, 0.29) is 17.4 Å². The fourth-order valence-electron chi connectivity index (χ4n) is 2.43. The number of methoxy groups -OCH3 is 1. The molecule has 2 unspecified atom stereocenters. The van der Waals surface area contributed by atoms with Gasteiger partial charge in [-0.05, 0) is 18.4 Å². The summed E-state index contributed by atoms with van der Waals surface area (Å²) >= 11 is 0. The van der Waals surface area contributed by atoms with Crippen molar-refractivity contribution in [3.8, 4) is 0 Å². The van der Waals surface area contributed by atoms with Gasteiger partial charge in [0.1, 0.15) is 11.6 Å². The molecule has 1 aliphatic rings. The van der Waals surface area contributed by atoms with E-state index in [2.05, 4.69) is 0 Å². The maximum atomic E-state index is 13.7. The van der Waals surface area contributed by atoms with Crippen molar-refractivity contribution in [3.05, 3.63) is 29.3 Å². The first-order valence-corrected chi connectivity index (χ1v) is 6.50. The van der Waals surface area contributed by atoms with Crippen LogP contribution in [0, 0.1) is 17.6 Å². The summed E-state index contributed by atoms with van der Waals surface area (Å²) in [6, 6.07) is 1.69. The lowest BCUT2D eigenvalue weighted by Gasteiger charge is -2.36. The second-order valence-corrected chi connectivity index (χ2v) is 5.14. The van der Waals surface area contributed by atoms with E-state index >= 15 is 0 Å². The Kier molecular flexibility index (Phi) is 4.23. The summed E-state index contributed by atoms with van der Waals surface area (Å²) in [6.45, 7) is 2.97. The Bertz CT molecular complexity index is 522. The molecule has 1 aromatic rings. The highest BCUT2D eigenvalue weighted by Gasteiger charge is 2.30. The number of rotatable bonds is 2. The van der Waals surface area contributed by atoms with Gasteiger partial charge in [-0.25, -0.2) is 8.78 Å². The Morgan fingerprint density at radius 2 is 2.10 bits per heavy atom. The monoisotopic (exact) mass is 284 g/mol. The molecule has 2 rings (SSSR count). The lowest BCUT2D eigenvalue weighted by atomic mass is 9.95. The van der Waals surface area contributed by atoms with Crippen LogP contribution in [0.2, 0.25) is 0 Å². The molecule has 0 aliphatic carbocycles. The Balaban J connectivity index is 2.21. The zero-order chi connectivity index (χ0) is 14.9. The van der Waals surface area contributed by atoms with Gasteiger partial charge in [-0.3, -0.25) is 4.79 Å². The predicted molar refractivity (Wildman–Crippen MR) is 71.3 cm³/mol. The van der Waals surface area contributed by atoms with E-state index < -0.39 is 17.5 Å². The van der Waals surface area contributed by atoms with Crippen molar-refractivity contribution in [3.63, 3.8) is 0 Å². The third-order valence-electron chi connectivity index (χ3n) is 3.80. The smallest absolute Gasteiger partial charge is 0.256 e. The topological polar surface area (TPSA) is 55.6 Å². The van der Waals surface area contributed by atoms with Crippen molar-refractivity contribution >= 4 is 11.6 Å². The second-order valence-electron chi connectivity index (χ2n) is 5.14. The van der Waals surface area contributed by atoms with E-state index in [1.807, 2.05) is 6.92 Å². The summed E-state index contributed by atoms with van der Waals surface area (Å²) in [5.41, 5.74) is 4.96. The number of amides is 1. The summed E-state index contributed by atoms with van der Waals surface area (Å²) in [5.74, 6) is -1.90. The molecule has 1 amide bonds. The van der Waals surface area contributed by atoms with Crippen LogP contribution in [0.4, 0.5) is 14.5 Å². The maximum Gasteiger partial charge on any atom is 0.256 e. The van der Waals surface area contributed by atoms with E-state index in [1.54, 1.807) is 7.11 Å². The molecule has 2 N–H and O–H groups in total. The summed E-state index contributed by atoms with van der Waals surface area (Å²) in [4.78, 5) is 13.8. The van der Waals surface area contributed by atoms with Crippen LogP contribution in [-0.2, 0) is 4.74 Å². The number of benzene rings is 1. The zero-order valence-corrected chi connectivity index (χ0v) is 11.5. The van der Waals surface area contributed by atoms with Crippen LogP contribution in [0.25, 0.3) is 0 Å². The number of ether oxygens (including phenoxy) is 1. The van der Waals surface area contributed by atoms with Crippen molar-refractivity contribution in [1.82, 2.24) is 4.90 Å². The first-order valence-electron chi connectivity index (χ1n) is 6.50. The Morgan fingerprint density at radius 1 is 1.40 bits per heavy atom. The maximum absolute atomic E-state index is 13.7. The Labute approximate surface area is 116 Å². The van der Waals surface area contributed by atoms with Crippen molar-refractivity contribution in [2.24, 2.45) is 5.92 Å². The standard InChI is InChI=1S/C14H18F2N2O2/c1-8-3-4-18(7-13(8)20-2)14(19)9-5-12(17)11(16)6-10(9)15/h5-6,8,13H,3-4,7,17H2,1-2H3. The van der Waals surface area contributed by atoms with Gasteiger partial charge in [0, 0.05) is 26.3 Å². The molecule has 0 radical (unpaired) electrons. The minimum absolute atomic E-state index is 0.0754. The average Bonchev–Trinajstić information content (AvgIpc) is 2.42. The molecular formula is C14H18F2N2O2. The molecule has 1 saturated heterocycles. The highest BCUT2D eigenvalue weighted by Crippen LogP contribution is 2.23. The van der Waals surface area contributed by atoms with Gasteiger partial charge >= 0.3 is 0 Å². The molecule has 4 nitrogen and oxygen atoms in total.